The van der Waals surface area contributed by atoms with Crippen molar-refractivity contribution < 1.29 is 14.3 Å². The molecule has 7 heteroatoms. The molecule has 154 valence electrons. The number of guanidine groups is 1. The van der Waals surface area contributed by atoms with Crippen LogP contribution in [-0.4, -0.2) is 45.3 Å². The van der Waals surface area contributed by atoms with Gasteiger partial charge in [0.1, 0.15) is 0 Å². The monoisotopic (exact) mass is 491 g/mol. The van der Waals surface area contributed by atoms with Gasteiger partial charge in [0.25, 0.3) is 0 Å². The summed E-state index contributed by atoms with van der Waals surface area (Å²) in [4.78, 5) is 15.6. The van der Waals surface area contributed by atoms with Crippen molar-refractivity contribution in [3.05, 3.63) is 35.9 Å². The summed E-state index contributed by atoms with van der Waals surface area (Å²) in [6.45, 7) is 7.09. The van der Waals surface area contributed by atoms with E-state index in [4.69, 9.17) is 4.74 Å². The lowest BCUT2D eigenvalue weighted by molar-refractivity contribution is -0.140. The summed E-state index contributed by atoms with van der Waals surface area (Å²) >= 11 is 0. The van der Waals surface area contributed by atoms with E-state index in [0.29, 0.717) is 19.6 Å². The number of hydrogen-bond acceptors (Lipinski definition) is 4. The molecule has 27 heavy (non-hydrogen) atoms. The molecule has 0 aliphatic heterocycles. The first-order valence-electron chi connectivity index (χ1n) is 9.43. The Bertz CT molecular complexity index is 526. The van der Waals surface area contributed by atoms with E-state index in [9.17, 15) is 4.79 Å². The highest BCUT2D eigenvalue weighted by molar-refractivity contribution is 14.0. The van der Waals surface area contributed by atoms with Crippen LogP contribution in [0.3, 0.4) is 0 Å². The minimum Gasteiger partial charge on any atom is -0.469 e. The maximum atomic E-state index is 11.1. The molecule has 1 rings (SSSR count). The maximum Gasteiger partial charge on any atom is 0.305 e. The molecule has 2 N–H and O–H groups in total. The summed E-state index contributed by atoms with van der Waals surface area (Å²) in [5.74, 6) is 0.650. The highest BCUT2D eigenvalue weighted by atomic mass is 127. The topological polar surface area (TPSA) is 72.0 Å². The van der Waals surface area contributed by atoms with Gasteiger partial charge in [-0.15, -0.1) is 24.0 Å². The lowest BCUT2D eigenvalue weighted by atomic mass is 10.1. The fourth-order valence-electron chi connectivity index (χ4n) is 2.38. The number of ether oxygens (including phenoxy) is 2. The number of hydrogen-bond donors (Lipinski definition) is 2. The summed E-state index contributed by atoms with van der Waals surface area (Å²) in [6.07, 6.45) is 3.14. The number of aliphatic imine (C=N–C) groups is 1. The van der Waals surface area contributed by atoms with Gasteiger partial charge in [-0.2, -0.15) is 0 Å². The average molecular weight is 491 g/mol. The molecule has 0 saturated carbocycles. The van der Waals surface area contributed by atoms with Gasteiger partial charge in [-0.1, -0.05) is 30.3 Å². The van der Waals surface area contributed by atoms with Crippen LogP contribution in [0.1, 0.15) is 51.2 Å². The summed E-state index contributed by atoms with van der Waals surface area (Å²) in [6, 6.07) is 10.2. The van der Waals surface area contributed by atoms with E-state index in [1.807, 2.05) is 25.1 Å². The second-order valence-electron chi connectivity index (χ2n) is 6.00. The summed E-state index contributed by atoms with van der Waals surface area (Å²) in [5, 5.41) is 6.51. The maximum absolute atomic E-state index is 11.1. The van der Waals surface area contributed by atoms with Crippen LogP contribution in [0, 0.1) is 0 Å². The number of carbonyl (C=O) groups excluding carboxylic acids is 1. The van der Waals surface area contributed by atoms with Crippen molar-refractivity contribution in [3.63, 3.8) is 0 Å². The normalized spacial score (nSPS) is 12.0. The van der Waals surface area contributed by atoms with Crippen molar-refractivity contribution in [3.8, 4) is 0 Å². The first-order valence-corrected chi connectivity index (χ1v) is 9.43. The van der Waals surface area contributed by atoms with Crippen molar-refractivity contribution in [1.82, 2.24) is 10.6 Å². The van der Waals surface area contributed by atoms with E-state index >= 15 is 0 Å². The van der Waals surface area contributed by atoms with E-state index in [-0.39, 0.29) is 36.0 Å². The molecule has 0 aliphatic carbocycles. The SMILES string of the molecule is CCNC(=NCCCOC(C)c1ccccc1)NCCCCC(=O)OC.I. The van der Waals surface area contributed by atoms with Gasteiger partial charge in [0.15, 0.2) is 5.96 Å². The molecule has 0 aliphatic rings. The predicted octanol–water partition coefficient (Wildman–Crippen LogP) is 3.67. The smallest absolute Gasteiger partial charge is 0.305 e. The number of nitrogens with zero attached hydrogens (tertiary/aromatic N) is 1. The van der Waals surface area contributed by atoms with Crippen LogP contribution in [0.2, 0.25) is 0 Å². The number of benzene rings is 1. The van der Waals surface area contributed by atoms with Crippen LogP contribution in [0.15, 0.2) is 35.3 Å². The van der Waals surface area contributed by atoms with Crippen molar-refractivity contribution in [2.24, 2.45) is 4.99 Å². The van der Waals surface area contributed by atoms with Gasteiger partial charge in [0.05, 0.1) is 13.2 Å². The van der Waals surface area contributed by atoms with Crippen molar-refractivity contribution in [1.29, 1.82) is 0 Å². The fraction of sp³-hybridized carbons (Fsp3) is 0.600. The van der Waals surface area contributed by atoms with Gasteiger partial charge in [0, 0.05) is 32.7 Å². The third-order valence-corrected chi connectivity index (χ3v) is 3.88. The van der Waals surface area contributed by atoms with Gasteiger partial charge in [0.2, 0.25) is 0 Å². The van der Waals surface area contributed by atoms with Gasteiger partial charge in [-0.3, -0.25) is 9.79 Å². The van der Waals surface area contributed by atoms with Gasteiger partial charge in [-0.25, -0.2) is 0 Å². The third-order valence-electron chi connectivity index (χ3n) is 3.88. The summed E-state index contributed by atoms with van der Waals surface area (Å²) in [7, 11) is 1.42. The van der Waals surface area contributed by atoms with E-state index in [1.54, 1.807) is 0 Å². The quantitative estimate of drug-likeness (QED) is 0.154. The van der Waals surface area contributed by atoms with Crippen molar-refractivity contribution >= 4 is 35.9 Å². The molecule has 1 unspecified atom stereocenters. The molecule has 0 aromatic heterocycles. The highest BCUT2D eigenvalue weighted by Crippen LogP contribution is 2.15. The number of unbranched alkanes of at least 4 members (excludes halogenated alkanes) is 1. The Balaban J connectivity index is 0.00000676. The first-order chi connectivity index (χ1) is 12.7. The largest absolute Gasteiger partial charge is 0.469 e. The average Bonchev–Trinajstić information content (AvgIpc) is 2.67. The minimum atomic E-state index is -0.157. The lowest BCUT2D eigenvalue weighted by Gasteiger charge is -2.13. The molecule has 6 nitrogen and oxygen atoms in total. The molecular weight excluding hydrogens is 457 g/mol. The molecule has 1 aromatic carbocycles. The van der Waals surface area contributed by atoms with Crippen LogP contribution in [0.4, 0.5) is 0 Å². The van der Waals surface area contributed by atoms with Gasteiger partial charge in [-0.05, 0) is 38.7 Å². The second kappa shape index (κ2) is 16.8. The fourth-order valence-corrected chi connectivity index (χ4v) is 2.38. The minimum absolute atomic E-state index is 0. The predicted molar refractivity (Wildman–Crippen MR) is 121 cm³/mol. The molecule has 0 heterocycles. The Morgan fingerprint density at radius 3 is 2.56 bits per heavy atom. The summed E-state index contributed by atoms with van der Waals surface area (Å²) < 4.78 is 10.5. The third kappa shape index (κ3) is 12.6. The van der Waals surface area contributed by atoms with Crippen LogP contribution in [0.25, 0.3) is 0 Å². The molecule has 0 bridgehead atoms. The standard InChI is InChI=1S/C20H33N3O3.HI/c1-4-21-20(22-14-9-8-13-19(24)25-3)23-15-10-16-26-17(2)18-11-6-5-7-12-18;/h5-7,11-12,17H,4,8-10,13-16H2,1-3H3,(H2,21,22,23);1H. The Hall–Kier alpha value is -1.35. The van der Waals surface area contributed by atoms with Crippen molar-refractivity contribution in [2.45, 2.75) is 45.6 Å². The van der Waals surface area contributed by atoms with E-state index in [2.05, 4.69) is 39.4 Å². The molecule has 0 fully saturated rings. The Morgan fingerprint density at radius 2 is 1.89 bits per heavy atom. The number of esters is 1. The molecule has 0 amide bonds. The van der Waals surface area contributed by atoms with E-state index in [0.717, 1.165) is 38.3 Å². The van der Waals surface area contributed by atoms with E-state index < -0.39 is 0 Å². The second-order valence-corrected chi connectivity index (χ2v) is 6.00. The lowest BCUT2D eigenvalue weighted by Crippen LogP contribution is -2.38. The van der Waals surface area contributed by atoms with Gasteiger partial charge < -0.3 is 20.1 Å². The molecule has 1 atom stereocenters. The molecule has 0 spiro atoms. The first kappa shape index (κ1) is 25.6. The Labute approximate surface area is 180 Å². The molecule has 0 saturated heterocycles. The van der Waals surface area contributed by atoms with Crippen LogP contribution in [0.5, 0.6) is 0 Å². The zero-order chi connectivity index (χ0) is 19.0. The van der Waals surface area contributed by atoms with Crippen LogP contribution < -0.4 is 10.6 Å². The highest BCUT2D eigenvalue weighted by Gasteiger charge is 2.04. The summed E-state index contributed by atoms with van der Waals surface area (Å²) in [5.41, 5.74) is 1.19. The Morgan fingerprint density at radius 1 is 1.15 bits per heavy atom. The van der Waals surface area contributed by atoms with Crippen molar-refractivity contribution in [2.75, 3.05) is 33.4 Å². The van der Waals surface area contributed by atoms with Gasteiger partial charge >= 0.3 is 5.97 Å². The Kier molecular flexibility index (Phi) is 16.0. The number of methoxy groups -OCH3 is 1. The zero-order valence-electron chi connectivity index (χ0n) is 16.7. The molecule has 0 radical (unpaired) electrons. The van der Waals surface area contributed by atoms with E-state index in [1.165, 1.54) is 12.7 Å². The number of halogens is 1. The van der Waals surface area contributed by atoms with Crippen LogP contribution >= 0.6 is 24.0 Å². The zero-order valence-corrected chi connectivity index (χ0v) is 19.0. The molecular formula is C20H34IN3O3. The molecule has 1 aromatic rings. The number of nitrogens with one attached hydrogen (secondary N) is 2. The van der Waals surface area contributed by atoms with Crippen LogP contribution in [-0.2, 0) is 14.3 Å². The number of carbonyl (C=O) groups is 1. The number of rotatable bonds is 12.